The van der Waals surface area contributed by atoms with Gasteiger partial charge in [0.05, 0.1) is 12.2 Å². The van der Waals surface area contributed by atoms with Crippen LogP contribution in [0.15, 0.2) is 39.9 Å². The summed E-state index contributed by atoms with van der Waals surface area (Å²) in [6, 6.07) is 10.1. The number of nitrogen functional groups attached to an aromatic ring is 1. The summed E-state index contributed by atoms with van der Waals surface area (Å²) >= 11 is 1.24. The molecule has 1 atom stereocenters. The Morgan fingerprint density at radius 2 is 1.63 bits per heavy atom. The molecule has 46 heavy (non-hydrogen) atoms. The molecule has 0 radical (unpaired) electrons. The molecule has 2 aromatic carbocycles. The van der Waals surface area contributed by atoms with Crippen LogP contribution in [0.3, 0.4) is 0 Å². The van der Waals surface area contributed by atoms with Crippen LogP contribution in [0.1, 0.15) is 97.7 Å². The van der Waals surface area contributed by atoms with Gasteiger partial charge in [-0.25, -0.2) is 18.5 Å². The number of aryl methyl sites for hydroxylation is 2. The van der Waals surface area contributed by atoms with Crippen LogP contribution >= 0.6 is 11.3 Å². The average molecular weight is 661 g/mol. The van der Waals surface area contributed by atoms with Gasteiger partial charge in [0.25, 0.3) is 0 Å². The SMILES string of the molecule is CC(C)(OCC1CC(Cc2ccc3c(c2N)CCC3)C1)c1csc(S(=N)(=O)NC(=O)Nc2c(CC3CCC3)ccc3c2CCC3)c1. The zero-order valence-electron chi connectivity index (χ0n) is 27.2. The van der Waals surface area contributed by atoms with Crippen molar-refractivity contribution in [3.63, 3.8) is 0 Å². The number of nitrogens with two attached hydrogens (primary N) is 1. The van der Waals surface area contributed by atoms with Crippen LogP contribution in [-0.4, -0.2) is 16.8 Å². The maximum atomic E-state index is 13.5. The number of rotatable bonds is 11. The molecule has 2 fully saturated rings. The second kappa shape index (κ2) is 12.6. The van der Waals surface area contributed by atoms with E-state index in [9.17, 15) is 9.00 Å². The van der Waals surface area contributed by atoms with E-state index in [1.807, 2.05) is 19.2 Å². The van der Waals surface area contributed by atoms with Crippen molar-refractivity contribution < 1.29 is 13.7 Å². The lowest BCUT2D eigenvalue weighted by Gasteiger charge is -2.38. The number of amides is 2. The van der Waals surface area contributed by atoms with Crippen molar-refractivity contribution in [1.82, 2.24) is 4.72 Å². The number of carbonyl (C=O) groups excluding carboxylic acids is 1. The van der Waals surface area contributed by atoms with Gasteiger partial charge in [-0.05, 0) is 146 Å². The number of carbonyl (C=O) groups is 1. The molecule has 1 heterocycles. The predicted octanol–water partition coefficient (Wildman–Crippen LogP) is 8.31. The highest BCUT2D eigenvalue weighted by molar-refractivity contribution is 7.93. The minimum Gasteiger partial charge on any atom is -0.398 e. The molecule has 0 saturated heterocycles. The molecule has 2 saturated carbocycles. The molecule has 1 unspecified atom stereocenters. The summed E-state index contributed by atoms with van der Waals surface area (Å²) in [6.07, 6.45) is 14.5. The van der Waals surface area contributed by atoms with Gasteiger partial charge >= 0.3 is 6.03 Å². The van der Waals surface area contributed by atoms with E-state index in [0.717, 1.165) is 80.3 Å². The first kappa shape index (κ1) is 31.7. The number of thiophene rings is 1. The quantitative estimate of drug-likeness (QED) is 0.155. The Hall–Kier alpha value is -2.88. The van der Waals surface area contributed by atoms with E-state index in [0.29, 0.717) is 28.6 Å². The fraction of sp³-hybridized carbons (Fsp3) is 0.541. The van der Waals surface area contributed by atoms with Gasteiger partial charge in [-0.2, -0.15) is 0 Å². The van der Waals surface area contributed by atoms with Gasteiger partial charge in [-0.1, -0.05) is 43.5 Å². The van der Waals surface area contributed by atoms with Crippen LogP contribution in [0.25, 0.3) is 0 Å². The monoisotopic (exact) mass is 660 g/mol. The Bertz CT molecular complexity index is 1730. The molecule has 7 rings (SSSR count). The molecule has 5 N–H and O–H groups in total. The number of urea groups is 1. The third kappa shape index (κ3) is 6.47. The van der Waals surface area contributed by atoms with E-state index in [1.165, 1.54) is 64.8 Å². The molecule has 2 amide bonds. The lowest BCUT2D eigenvalue weighted by Crippen LogP contribution is -2.34. The van der Waals surface area contributed by atoms with Crippen LogP contribution in [0.5, 0.6) is 0 Å². The van der Waals surface area contributed by atoms with Crippen LogP contribution in [0.2, 0.25) is 0 Å². The van der Waals surface area contributed by atoms with Crippen LogP contribution in [0, 0.1) is 22.5 Å². The molecule has 3 aromatic rings. The molecule has 0 bridgehead atoms. The zero-order valence-corrected chi connectivity index (χ0v) is 28.8. The highest BCUT2D eigenvalue weighted by Gasteiger charge is 2.33. The van der Waals surface area contributed by atoms with E-state index in [1.54, 1.807) is 6.07 Å². The largest absolute Gasteiger partial charge is 0.398 e. The summed E-state index contributed by atoms with van der Waals surface area (Å²) < 4.78 is 31.4. The number of nitrogens with one attached hydrogen (secondary N) is 3. The normalized spacial score (nSPS) is 22.0. The Labute approximate surface area is 278 Å². The van der Waals surface area contributed by atoms with E-state index in [4.69, 9.17) is 15.3 Å². The lowest BCUT2D eigenvalue weighted by atomic mass is 9.72. The maximum Gasteiger partial charge on any atom is 0.331 e. The molecule has 4 aliphatic carbocycles. The van der Waals surface area contributed by atoms with Crippen molar-refractivity contribution in [3.8, 4) is 0 Å². The highest BCUT2D eigenvalue weighted by Crippen LogP contribution is 2.41. The summed E-state index contributed by atoms with van der Waals surface area (Å²) in [5.74, 6) is 1.82. The van der Waals surface area contributed by atoms with Gasteiger partial charge in [0.2, 0.25) is 0 Å². The van der Waals surface area contributed by atoms with Gasteiger partial charge in [0.1, 0.15) is 4.21 Å². The fourth-order valence-electron chi connectivity index (χ4n) is 7.97. The number of benzene rings is 2. The first-order valence-corrected chi connectivity index (χ1v) is 19.6. The Balaban J connectivity index is 0.930. The Morgan fingerprint density at radius 3 is 2.35 bits per heavy atom. The molecular formula is C37H48N4O3S2. The average Bonchev–Trinajstić information content (AvgIpc) is 3.74. The van der Waals surface area contributed by atoms with E-state index >= 15 is 0 Å². The highest BCUT2D eigenvalue weighted by atomic mass is 32.2. The fourth-order valence-corrected chi connectivity index (χ4v) is 10.3. The van der Waals surface area contributed by atoms with Crippen molar-refractivity contribution in [3.05, 3.63) is 74.7 Å². The molecule has 246 valence electrons. The van der Waals surface area contributed by atoms with Gasteiger partial charge in [0.15, 0.2) is 9.92 Å². The first-order chi connectivity index (χ1) is 22.1. The Kier molecular flexibility index (Phi) is 8.70. The molecule has 7 nitrogen and oxygen atoms in total. The smallest absolute Gasteiger partial charge is 0.331 e. The molecule has 1 aromatic heterocycles. The molecule has 0 spiro atoms. The van der Waals surface area contributed by atoms with Gasteiger partial charge in [-0.15, -0.1) is 11.3 Å². The van der Waals surface area contributed by atoms with Crippen molar-refractivity contribution in [2.45, 2.75) is 107 Å². The van der Waals surface area contributed by atoms with E-state index in [2.05, 4.69) is 34.3 Å². The van der Waals surface area contributed by atoms with Crippen molar-refractivity contribution in [2.24, 2.45) is 17.8 Å². The second-order valence-electron chi connectivity index (χ2n) is 14.7. The summed E-state index contributed by atoms with van der Waals surface area (Å²) in [6.45, 7) is 4.70. The minimum absolute atomic E-state index is 0.331. The lowest BCUT2D eigenvalue weighted by molar-refractivity contribution is -0.0609. The van der Waals surface area contributed by atoms with Crippen molar-refractivity contribution in [2.75, 3.05) is 17.7 Å². The standard InChI is InChI=1S/C37H48N4O3S2/c1-37(2,44-21-25-16-24(17-25)19-28-14-12-26-8-4-10-31(26)34(28)38)30-20-33(45-22-30)46(39,43)41-36(42)40-35-29(18-23-6-3-7-23)15-13-27-9-5-11-32(27)35/h12-15,20,22-25H,3-11,16-19,21,38H2,1-2H3,(H3,39,40,41,42,43). The molecular weight excluding hydrogens is 613 g/mol. The minimum atomic E-state index is -3.54. The summed E-state index contributed by atoms with van der Waals surface area (Å²) in [5.41, 5.74) is 16.5. The number of fused-ring (bicyclic) bond motifs is 2. The van der Waals surface area contributed by atoms with Crippen molar-refractivity contribution in [1.29, 1.82) is 4.78 Å². The van der Waals surface area contributed by atoms with Crippen LogP contribution in [0.4, 0.5) is 16.2 Å². The zero-order chi connectivity index (χ0) is 32.1. The summed E-state index contributed by atoms with van der Waals surface area (Å²) in [5, 5.41) is 4.94. The predicted molar refractivity (Wildman–Crippen MR) is 187 cm³/mol. The third-order valence-electron chi connectivity index (χ3n) is 11.1. The molecule has 9 heteroatoms. The van der Waals surface area contributed by atoms with E-state index < -0.39 is 21.5 Å². The number of ether oxygens (including phenoxy) is 1. The molecule has 0 aliphatic heterocycles. The maximum absolute atomic E-state index is 13.5. The van der Waals surface area contributed by atoms with Gasteiger partial charge < -0.3 is 15.8 Å². The second-order valence-corrected chi connectivity index (χ2v) is 17.6. The van der Waals surface area contributed by atoms with Crippen LogP contribution < -0.4 is 15.8 Å². The molecule has 4 aliphatic rings. The first-order valence-electron chi connectivity index (χ1n) is 17.2. The van der Waals surface area contributed by atoms with E-state index in [-0.39, 0.29) is 0 Å². The summed E-state index contributed by atoms with van der Waals surface area (Å²) in [7, 11) is -3.54. The van der Waals surface area contributed by atoms with Gasteiger partial charge in [0, 0.05) is 11.4 Å². The topological polar surface area (TPSA) is 117 Å². The third-order valence-corrected chi connectivity index (χ3v) is 13.9. The van der Waals surface area contributed by atoms with Crippen molar-refractivity contribution >= 4 is 38.7 Å². The van der Waals surface area contributed by atoms with Gasteiger partial charge in [-0.3, -0.25) is 0 Å². The van der Waals surface area contributed by atoms with Crippen LogP contribution in [-0.2, 0) is 58.8 Å². The summed E-state index contributed by atoms with van der Waals surface area (Å²) in [4.78, 5) is 13.2. The number of hydrogen-bond acceptors (Lipinski definition) is 6. The number of hydrogen-bond donors (Lipinski definition) is 4. The number of anilines is 2. The Morgan fingerprint density at radius 1 is 0.957 bits per heavy atom.